The summed E-state index contributed by atoms with van der Waals surface area (Å²) in [6.07, 6.45) is -4.92. The number of urea groups is 1. The predicted octanol–water partition coefficient (Wildman–Crippen LogP) is 4.76. The summed E-state index contributed by atoms with van der Waals surface area (Å²) in [7, 11) is 0. The predicted molar refractivity (Wildman–Crippen MR) is 85.7 cm³/mol. The lowest BCUT2D eigenvalue weighted by atomic mass is 10.1. The summed E-state index contributed by atoms with van der Waals surface area (Å²) in [6, 6.07) is 3.53. The molecule has 0 fully saturated rings. The van der Waals surface area contributed by atoms with Crippen molar-refractivity contribution < 1.29 is 36.6 Å². The molecule has 5 nitrogen and oxygen atoms in total. The van der Waals surface area contributed by atoms with E-state index in [0.29, 0.717) is 6.07 Å². The molecule has 0 radical (unpaired) electrons. The number of carbonyl (C=O) groups is 1. The Morgan fingerprint density at radius 2 is 1.81 bits per heavy atom. The fourth-order valence-corrected chi connectivity index (χ4v) is 2.46. The van der Waals surface area contributed by atoms with E-state index < -0.39 is 36.4 Å². The van der Waals surface area contributed by atoms with Gasteiger partial charge in [-0.1, -0.05) is 15.9 Å². The van der Waals surface area contributed by atoms with Crippen LogP contribution in [-0.4, -0.2) is 17.5 Å². The third-order valence-corrected chi connectivity index (χ3v) is 3.39. The molecule has 0 bridgehead atoms. The summed E-state index contributed by atoms with van der Waals surface area (Å²) in [5, 5.41) is 13.4. The lowest BCUT2D eigenvalue weighted by molar-refractivity contribution is -0.274. The summed E-state index contributed by atoms with van der Waals surface area (Å²) in [5.41, 5.74) is -0.764. The van der Waals surface area contributed by atoms with Gasteiger partial charge in [0.25, 0.3) is 0 Å². The number of nitrogens with one attached hydrogen (secondary N) is 2. The minimum atomic E-state index is -4.92. The van der Waals surface area contributed by atoms with Crippen LogP contribution in [0.2, 0.25) is 0 Å². The number of carbonyl (C=O) groups excluding carboxylic acids is 1. The van der Waals surface area contributed by atoms with Crippen molar-refractivity contribution in [2.75, 3.05) is 10.6 Å². The first kappa shape index (κ1) is 19.9. The van der Waals surface area contributed by atoms with Crippen molar-refractivity contribution in [3.05, 3.63) is 52.0 Å². The van der Waals surface area contributed by atoms with Crippen LogP contribution in [0, 0.1) is 11.6 Å². The quantitative estimate of drug-likeness (QED) is 0.600. The second-order valence-electron chi connectivity index (χ2n) is 4.87. The zero-order valence-electron chi connectivity index (χ0n) is 12.6. The lowest BCUT2D eigenvalue weighted by Crippen LogP contribution is -2.21. The molecule has 0 saturated heterocycles. The Morgan fingerprint density at radius 3 is 2.42 bits per heavy atom. The summed E-state index contributed by atoms with van der Waals surface area (Å²) < 4.78 is 67.6. The molecule has 0 aliphatic carbocycles. The Labute approximate surface area is 151 Å². The van der Waals surface area contributed by atoms with Gasteiger partial charge in [-0.05, 0) is 18.2 Å². The highest BCUT2D eigenvalue weighted by Crippen LogP contribution is 2.29. The van der Waals surface area contributed by atoms with Crippen molar-refractivity contribution in [1.82, 2.24) is 0 Å². The van der Waals surface area contributed by atoms with Crippen molar-refractivity contribution in [3.63, 3.8) is 0 Å². The van der Waals surface area contributed by atoms with Gasteiger partial charge in [0.2, 0.25) is 0 Å². The van der Waals surface area contributed by atoms with Gasteiger partial charge in [0.15, 0.2) is 0 Å². The molecule has 0 aromatic heterocycles. The molecule has 0 aliphatic heterocycles. The lowest BCUT2D eigenvalue weighted by Gasteiger charge is -2.13. The van der Waals surface area contributed by atoms with Gasteiger partial charge in [0.05, 0.1) is 12.3 Å². The fourth-order valence-electron chi connectivity index (χ4n) is 1.99. The first-order valence-electron chi connectivity index (χ1n) is 6.80. The van der Waals surface area contributed by atoms with E-state index in [-0.39, 0.29) is 21.4 Å². The van der Waals surface area contributed by atoms with E-state index in [1.807, 2.05) is 0 Å². The molecule has 140 valence electrons. The van der Waals surface area contributed by atoms with Gasteiger partial charge in [-0.25, -0.2) is 13.6 Å². The Morgan fingerprint density at radius 1 is 1.12 bits per heavy atom. The van der Waals surface area contributed by atoms with Gasteiger partial charge < -0.3 is 20.5 Å². The number of hydrogen-bond acceptors (Lipinski definition) is 3. The Balaban J connectivity index is 2.18. The van der Waals surface area contributed by atoms with Crippen LogP contribution in [0.5, 0.6) is 5.75 Å². The molecule has 0 atom stereocenters. The van der Waals surface area contributed by atoms with Crippen molar-refractivity contribution >= 4 is 33.3 Å². The van der Waals surface area contributed by atoms with Gasteiger partial charge >= 0.3 is 12.4 Å². The minimum absolute atomic E-state index is 0.0847. The first-order chi connectivity index (χ1) is 12.1. The molecule has 2 aromatic rings. The van der Waals surface area contributed by atoms with Crippen molar-refractivity contribution in [1.29, 1.82) is 0 Å². The SMILES string of the molecule is O=C(Nc1cc(Br)cc(OC(F)(F)F)c1)Nc1cc(F)cc(F)c1CO. The molecule has 26 heavy (non-hydrogen) atoms. The molecule has 0 heterocycles. The smallest absolute Gasteiger partial charge is 0.406 e. The maximum Gasteiger partial charge on any atom is 0.573 e. The van der Waals surface area contributed by atoms with E-state index in [0.717, 1.165) is 18.2 Å². The third kappa shape index (κ3) is 5.56. The highest BCUT2D eigenvalue weighted by Gasteiger charge is 2.31. The van der Waals surface area contributed by atoms with E-state index >= 15 is 0 Å². The molecule has 3 N–H and O–H groups in total. The maximum atomic E-state index is 13.6. The zero-order valence-corrected chi connectivity index (χ0v) is 14.2. The van der Waals surface area contributed by atoms with Crippen molar-refractivity contribution in [3.8, 4) is 5.75 Å². The minimum Gasteiger partial charge on any atom is -0.406 e. The third-order valence-electron chi connectivity index (χ3n) is 2.93. The topological polar surface area (TPSA) is 70.6 Å². The highest BCUT2D eigenvalue weighted by atomic mass is 79.9. The molecular weight excluding hydrogens is 431 g/mol. The number of aliphatic hydroxyl groups is 1. The van der Waals surface area contributed by atoms with Crippen molar-refractivity contribution in [2.24, 2.45) is 0 Å². The van der Waals surface area contributed by atoms with Gasteiger partial charge in [-0.2, -0.15) is 0 Å². The normalized spacial score (nSPS) is 11.2. The Kier molecular flexibility index (Phi) is 6.03. The summed E-state index contributed by atoms with van der Waals surface area (Å²) in [4.78, 5) is 12.0. The zero-order chi connectivity index (χ0) is 19.5. The number of hydrogen-bond donors (Lipinski definition) is 3. The summed E-state index contributed by atoms with van der Waals surface area (Å²) in [5.74, 6) is -2.64. The van der Waals surface area contributed by atoms with Crippen LogP contribution in [-0.2, 0) is 6.61 Å². The second-order valence-corrected chi connectivity index (χ2v) is 5.79. The largest absolute Gasteiger partial charge is 0.573 e. The number of alkyl halides is 3. The van der Waals surface area contributed by atoms with E-state index in [1.54, 1.807) is 0 Å². The highest BCUT2D eigenvalue weighted by molar-refractivity contribution is 9.10. The van der Waals surface area contributed by atoms with E-state index in [2.05, 4.69) is 31.3 Å². The number of rotatable bonds is 4. The molecule has 11 heteroatoms. The van der Waals surface area contributed by atoms with Crippen LogP contribution in [0.15, 0.2) is 34.8 Å². The standard InChI is InChI=1S/C15H10BrF5N2O3/c16-7-1-9(5-10(2-7)26-15(19,20)21)22-14(25)23-13-4-8(17)3-12(18)11(13)6-24/h1-5,24H,6H2,(H2,22,23,25). The molecule has 0 saturated carbocycles. The number of benzene rings is 2. The monoisotopic (exact) mass is 440 g/mol. The maximum absolute atomic E-state index is 13.6. The van der Waals surface area contributed by atoms with Gasteiger partial charge in [0, 0.05) is 27.9 Å². The van der Waals surface area contributed by atoms with Crippen LogP contribution in [0.1, 0.15) is 5.56 Å². The molecule has 0 unspecified atom stereocenters. The Bertz CT molecular complexity index is 830. The van der Waals surface area contributed by atoms with Crippen LogP contribution < -0.4 is 15.4 Å². The Hall–Kier alpha value is -2.40. The van der Waals surface area contributed by atoms with Gasteiger partial charge in [-0.3, -0.25) is 0 Å². The number of ether oxygens (including phenoxy) is 1. The van der Waals surface area contributed by atoms with Gasteiger partial charge in [0.1, 0.15) is 17.4 Å². The molecule has 2 aromatic carbocycles. The molecule has 2 amide bonds. The number of anilines is 2. The number of halogens is 6. The van der Waals surface area contributed by atoms with Crippen LogP contribution in [0.3, 0.4) is 0 Å². The molecule has 2 rings (SSSR count). The fraction of sp³-hybridized carbons (Fsp3) is 0.133. The van der Waals surface area contributed by atoms with Crippen LogP contribution >= 0.6 is 15.9 Å². The molecule has 0 spiro atoms. The number of aliphatic hydroxyl groups excluding tert-OH is 1. The van der Waals surface area contributed by atoms with Crippen LogP contribution in [0.4, 0.5) is 38.1 Å². The second kappa shape index (κ2) is 7.87. The summed E-state index contributed by atoms with van der Waals surface area (Å²) >= 11 is 2.97. The number of amides is 2. The average molecular weight is 441 g/mol. The van der Waals surface area contributed by atoms with E-state index in [1.165, 1.54) is 6.07 Å². The van der Waals surface area contributed by atoms with Crippen molar-refractivity contribution in [2.45, 2.75) is 13.0 Å². The van der Waals surface area contributed by atoms with E-state index in [4.69, 9.17) is 5.11 Å². The molecule has 0 aliphatic rings. The van der Waals surface area contributed by atoms with Gasteiger partial charge in [-0.15, -0.1) is 13.2 Å². The first-order valence-corrected chi connectivity index (χ1v) is 7.60. The van der Waals surface area contributed by atoms with E-state index in [9.17, 15) is 26.7 Å². The van der Waals surface area contributed by atoms with Crippen LogP contribution in [0.25, 0.3) is 0 Å². The molecular formula is C15H10BrF5N2O3. The summed E-state index contributed by atoms with van der Waals surface area (Å²) in [6.45, 7) is -0.803. The average Bonchev–Trinajstić information content (AvgIpc) is 2.43.